The number of pyridine rings is 1. The minimum absolute atomic E-state index is 0.0616. The lowest BCUT2D eigenvalue weighted by Crippen LogP contribution is -2.34. The fraction of sp³-hybridized carbons (Fsp3) is 0.500. The smallest absolute Gasteiger partial charge is 0.253 e. The highest BCUT2D eigenvalue weighted by atomic mass is 16.5. The molecule has 0 bridgehead atoms. The first-order valence-electron chi connectivity index (χ1n) is 5.56. The van der Waals surface area contributed by atoms with Gasteiger partial charge in [-0.05, 0) is 19.1 Å². The van der Waals surface area contributed by atoms with Gasteiger partial charge in [-0.1, -0.05) is 0 Å². The second kappa shape index (κ2) is 7.76. The van der Waals surface area contributed by atoms with E-state index in [0.717, 1.165) is 5.69 Å². The van der Waals surface area contributed by atoms with Gasteiger partial charge in [-0.3, -0.25) is 9.78 Å². The monoisotopic (exact) mass is 238 g/mol. The third kappa shape index (κ3) is 4.50. The molecule has 0 aliphatic heterocycles. The van der Waals surface area contributed by atoms with Crippen LogP contribution in [0.1, 0.15) is 6.92 Å². The summed E-state index contributed by atoms with van der Waals surface area (Å²) in [5.74, 6) is -0.0726. The van der Waals surface area contributed by atoms with E-state index in [1.165, 1.54) is 0 Å². The minimum Gasteiger partial charge on any atom is -0.382 e. The molecule has 0 aliphatic carbocycles. The summed E-state index contributed by atoms with van der Waals surface area (Å²) in [4.78, 5) is 17.5. The third-order valence-electron chi connectivity index (χ3n) is 2.23. The normalized spacial score (nSPS) is 10.2. The zero-order chi connectivity index (χ0) is 12.5. The average Bonchev–Trinajstić information content (AvgIpc) is 2.37. The Morgan fingerprint density at radius 3 is 2.88 bits per heavy atom. The van der Waals surface area contributed by atoms with E-state index >= 15 is 0 Å². The van der Waals surface area contributed by atoms with Gasteiger partial charge in [0.2, 0.25) is 0 Å². The molecule has 17 heavy (non-hydrogen) atoms. The van der Waals surface area contributed by atoms with Gasteiger partial charge < -0.3 is 14.4 Å². The van der Waals surface area contributed by atoms with E-state index < -0.39 is 0 Å². The Kier molecular flexibility index (Phi) is 6.21. The Balaban J connectivity index is 2.48. The second-order valence-electron chi connectivity index (χ2n) is 3.39. The average molecular weight is 238 g/mol. The molecule has 0 radical (unpaired) electrons. The highest BCUT2D eigenvalue weighted by molar-refractivity contribution is 5.93. The van der Waals surface area contributed by atoms with Gasteiger partial charge in [-0.15, -0.1) is 0 Å². The maximum Gasteiger partial charge on any atom is 0.253 e. The first-order chi connectivity index (χ1) is 8.29. The van der Waals surface area contributed by atoms with Crippen LogP contribution in [0.25, 0.3) is 0 Å². The first kappa shape index (κ1) is 13.6. The highest BCUT2D eigenvalue weighted by Crippen LogP contribution is 2.11. The van der Waals surface area contributed by atoms with Crippen molar-refractivity contribution < 1.29 is 14.3 Å². The predicted octanol–water partition coefficient (Wildman–Crippen LogP) is 1.10. The van der Waals surface area contributed by atoms with E-state index in [9.17, 15) is 4.79 Å². The van der Waals surface area contributed by atoms with Crippen LogP contribution >= 0.6 is 0 Å². The van der Waals surface area contributed by atoms with Crippen molar-refractivity contribution in [2.45, 2.75) is 6.92 Å². The van der Waals surface area contributed by atoms with Crippen LogP contribution in [0.5, 0.6) is 0 Å². The zero-order valence-electron chi connectivity index (χ0n) is 10.3. The van der Waals surface area contributed by atoms with Crippen LogP contribution in [-0.2, 0) is 14.3 Å². The Morgan fingerprint density at radius 1 is 1.47 bits per heavy atom. The number of carbonyl (C=O) groups excluding carboxylic acids is 1. The molecular formula is C12H18N2O3. The van der Waals surface area contributed by atoms with Crippen LogP contribution < -0.4 is 4.90 Å². The minimum atomic E-state index is -0.0726. The molecule has 0 fully saturated rings. The second-order valence-corrected chi connectivity index (χ2v) is 3.39. The van der Waals surface area contributed by atoms with Crippen molar-refractivity contribution in [3.63, 3.8) is 0 Å². The maximum atomic E-state index is 11.9. The van der Waals surface area contributed by atoms with E-state index in [2.05, 4.69) is 4.98 Å². The van der Waals surface area contributed by atoms with Gasteiger partial charge in [-0.2, -0.15) is 0 Å². The number of aromatic nitrogens is 1. The highest BCUT2D eigenvalue weighted by Gasteiger charge is 2.13. The molecule has 5 heteroatoms. The van der Waals surface area contributed by atoms with E-state index in [1.54, 1.807) is 30.5 Å². The molecule has 1 rings (SSSR count). The number of amides is 1. The van der Waals surface area contributed by atoms with Crippen LogP contribution in [-0.4, -0.2) is 44.4 Å². The molecule has 0 aliphatic rings. The number of ether oxygens (including phenoxy) is 2. The van der Waals surface area contributed by atoms with Gasteiger partial charge in [0.25, 0.3) is 5.91 Å². The first-order valence-corrected chi connectivity index (χ1v) is 5.56. The van der Waals surface area contributed by atoms with Crippen molar-refractivity contribution in [3.05, 3.63) is 24.5 Å². The lowest BCUT2D eigenvalue weighted by atomic mass is 10.3. The number of hydrogen-bond donors (Lipinski definition) is 0. The maximum absolute atomic E-state index is 11.9. The summed E-state index contributed by atoms with van der Waals surface area (Å²) in [6, 6.07) is 3.65. The van der Waals surface area contributed by atoms with Gasteiger partial charge in [-0.25, -0.2) is 0 Å². The quantitative estimate of drug-likeness (QED) is 0.667. The van der Waals surface area contributed by atoms with Crippen LogP contribution in [0.2, 0.25) is 0 Å². The summed E-state index contributed by atoms with van der Waals surface area (Å²) in [5, 5.41) is 0. The van der Waals surface area contributed by atoms with Gasteiger partial charge >= 0.3 is 0 Å². The number of hydrogen-bond acceptors (Lipinski definition) is 4. The van der Waals surface area contributed by atoms with Crippen molar-refractivity contribution >= 4 is 11.6 Å². The standard InChI is InChI=1S/C12H18N2O3/c1-3-14(11-5-4-6-13-9-11)12(15)10-17-8-7-16-2/h4-6,9H,3,7-8,10H2,1-2H3. The van der Waals surface area contributed by atoms with Crippen molar-refractivity contribution in [1.29, 1.82) is 0 Å². The van der Waals surface area contributed by atoms with Gasteiger partial charge in [0.05, 0.1) is 25.1 Å². The molecule has 0 aromatic carbocycles. The summed E-state index contributed by atoms with van der Waals surface area (Å²) in [7, 11) is 1.60. The largest absolute Gasteiger partial charge is 0.382 e. The van der Waals surface area contributed by atoms with Crippen LogP contribution in [0.3, 0.4) is 0 Å². The summed E-state index contributed by atoms with van der Waals surface area (Å²) >= 11 is 0. The van der Waals surface area contributed by atoms with Crippen LogP contribution in [0.4, 0.5) is 5.69 Å². The van der Waals surface area contributed by atoms with E-state index in [1.807, 2.05) is 13.0 Å². The fourth-order valence-electron chi connectivity index (χ4n) is 1.40. The Morgan fingerprint density at radius 2 is 2.29 bits per heavy atom. The molecule has 1 aromatic rings. The number of carbonyl (C=O) groups is 1. The summed E-state index contributed by atoms with van der Waals surface area (Å²) in [5.41, 5.74) is 0.787. The van der Waals surface area contributed by atoms with Gasteiger partial charge in [0.1, 0.15) is 6.61 Å². The Hall–Kier alpha value is -1.46. The summed E-state index contributed by atoms with van der Waals surface area (Å²) < 4.78 is 10.0. The molecule has 5 nitrogen and oxygen atoms in total. The van der Waals surface area contributed by atoms with Crippen molar-refractivity contribution in [1.82, 2.24) is 4.98 Å². The summed E-state index contributed by atoms with van der Waals surface area (Å²) in [6.07, 6.45) is 3.34. The van der Waals surface area contributed by atoms with E-state index in [-0.39, 0.29) is 12.5 Å². The van der Waals surface area contributed by atoms with E-state index in [4.69, 9.17) is 9.47 Å². The molecule has 0 saturated carbocycles. The van der Waals surface area contributed by atoms with Crippen molar-refractivity contribution in [2.24, 2.45) is 0 Å². The van der Waals surface area contributed by atoms with E-state index in [0.29, 0.717) is 19.8 Å². The van der Waals surface area contributed by atoms with Gasteiger partial charge in [0, 0.05) is 19.9 Å². The molecule has 94 valence electrons. The lowest BCUT2D eigenvalue weighted by Gasteiger charge is -2.20. The molecule has 0 N–H and O–H groups in total. The van der Waals surface area contributed by atoms with Crippen LogP contribution in [0, 0.1) is 0 Å². The Bertz CT molecular complexity index is 330. The SMILES string of the molecule is CCN(C(=O)COCCOC)c1cccnc1. The number of methoxy groups -OCH3 is 1. The number of nitrogens with zero attached hydrogens (tertiary/aromatic N) is 2. The Labute approximate surface area is 101 Å². The number of rotatable bonds is 7. The van der Waals surface area contributed by atoms with Crippen LogP contribution in [0.15, 0.2) is 24.5 Å². The molecule has 0 atom stereocenters. The molecule has 1 aromatic heterocycles. The summed E-state index contributed by atoms with van der Waals surface area (Å²) in [6.45, 7) is 3.49. The topological polar surface area (TPSA) is 51.7 Å². The zero-order valence-corrected chi connectivity index (χ0v) is 10.3. The molecule has 0 spiro atoms. The van der Waals surface area contributed by atoms with Crippen molar-refractivity contribution in [2.75, 3.05) is 38.4 Å². The molecule has 0 saturated heterocycles. The lowest BCUT2D eigenvalue weighted by molar-refractivity contribution is -0.123. The van der Waals surface area contributed by atoms with Crippen molar-refractivity contribution in [3.8, 4) is 0 Å². The molecule has 0 unspecified atom stereocenters. The molecule has 1 heterocycles. The third-order valence-corrected chi connectivity index (χ3v) is 2.23. The fourth-order valence-corrected chi connectivity index (χ4v) is 1.40. The predicted molar refractivity (Wildman–Crippen MR) is 65.0 cm³/mol. The number of likely N-dealkylation sites (N-methyl/N-ethyl adjacent to an activating group) is 1. The molecular weight excluding hydrogens is 220 g/mol. The molecule has 1 amide bonds. The number of anilines is 1. The van der Waals surface area contributed by atoms with Gasteiger partial charge in [0.15, 0.2) is 0 Å².